The first-order chi connectivity index (χ1) is 11.1. The van der Waals surface area contributed by atoms with Gasteiger partial charge in [0.05, 0.1) is 18.4 Å². The Kier molecular flexibility index (Phi) is 10.9. The summed E-state index contributed by atoms with van der Waals surface area (Å²) in [6.45, 7) is 11.6. The molecule has 5 nitrogen and oxygen atoms in total. The molecule has 142 valence electrons. The van der Waals surface area contributed by atoms with Crippen molar-refractivity contribution in [2.45, 2.75) is 60.3 Å². The van der Waals surface area contributed by atoms with Gasteiger partial charge in [0.25, 0.3) is 0 Å². The number of ether oxygens (including phenoxy) is 2. The molecule has 0 saturated heterocycles. The molecule has 0 amide bonds. The van der Waals surface area contributed by atoms with Crippen LogP contribution in [0.1, 0.15) is 60.3 Å². The molecule has 0 N–H and O–H groups in total. The quantitative estimate of drug-likeness (QED) is 0.537. The molecule has 0 aromatic carbocycles. The summed E-state index contributed by atoms with van der Waals surface area (Å²) >= 11 is 0. The lowest BCUT2D eigenvalue weighted by Gasteiger charge is -2.21. The molecular weight excluding hydrogens is 306 g/mol. The minimum absolute atomic E-state index is 0.0151. The Labute approximate surface area is 148 Å². The summed E-state index contributed by atoms with van der Waals surface area (Å²) in [6, 6.07) is 0. The highest BCUT2D eigenvalue weighted by Crippen LogP contribution is 2.20. The highest BCUT2D eigenvalue weighted by atomic mass is 16.5. The average Bonchev–Trinajstić information content (AvgIpc) is 2.47. The minimum atomic E-state index is -0.153. The minimum Gasteiger partial charge on any atom is -0.465 e. The zero-order chi connectivity index (χ0) is 18.8. The summed E-state index contributed by atoms with van der Waals surface area (Å²) in [6.07, 6.45) is 3.09. The molecule has 0 bridgehead atoms. The number of rotatable bonds is 11. The standard InChI is InChI=1S/C19H37NO4/c1-8-16(18(22)24-14-19(3,4)5)11-9-10-15(2)17(21)23-13-12-20(6)7/h15-16H,8-14H2,1-7H3. The van der Waals surface area contributed by atoms with E-state index >= 15 is 0 Å². The van der Waals surface area contributed by atoms with Crippen LogP contribution in [0.3, 0.4) is 0 Å². The molecule has 2 atom stereocenters. The maximum absolute atomic E-state index is 12.1. The number of carbonyl (C=O) groups is 2. The highest BCUT2D eigenvalue weighted by Gasteiger charge is 2.22. The highest BCUT2D eigenvalue weighted by molar-refractivity contribution is 5.72. The maximum atomic E-state index is 12.1. The van der Waals surface area contributed by atoms with E-state index in [1.807, 2.05) is 53.6 Å². The Bertz CT molecular complexity index is 374. The summed E-state index contributed by atoms with van der Waals surface area (Å²) in [4.78, 5) is 26.0. The van der Waals surface area contributed by atoms with Crippen molar-refractivity contribution in [2.75, 3.05) is 33.9 Å². The van der Waals surface area contributed by atoms with Crippen molar-refractivity contribution >= 4 is 11.9 Å². The van der Waals surface area contributed by atoms with Gasteiger partial charge < -0.3 is 14.4 Å². The Morgan fingerprint density at radius 1 is 1.04 bits per heavy atom. The van der Waals surface area contributed by atoms with E-state index in [9.17, 15) is 9.59 Å². The second-order valence-corrected chi connectivity index (χ2v) is 8.08. The van der Waals surface area contributed by atoms with Crippen molar-refractivity contribution in [3.8, 4) is 0 Å². The number of hydrogen-bond donors (Lipinski definition) is 0. The molecule has 0 aliphatic rings. The van der Waals surface area contributed by atoms with Crippen LogP contribution in [0.15, 0.2) is 0 Å². The first-order valence-corrected chi connectivity index (χ1v) is 9.04. The van der Waals surface area contributed by atoms with Gasteiger partial charge in [-0.3, -0.25) is 9.59 Å². The summed E-state index contributed by atoms with van der Waals surface area (Å²) in [5, 5.41) is 0. The number of esters is 2. The molecule has 2 unspecified atom stereocenters. The van der Waals surface area contributed by atoms with Crippen molar-refractivity contribution in [2.24, 2.45) is 17.3 Å². The van der Waals surface area contributed by atoms with Gasteiger partial charge in [-0.2, -0.15) is 0 Å². The molecule has 0 aliphatic carbocycles. The number of likely N-dealkylation sites (N-methyl/N-ethyl adjacent to an activating group) is 1. The van der Waals surface area contributed by atoms with Crippen LogP contribution < -0.4 is 0 Å². The lowest BCUT2D eigenvalue weighted by Crippen LogP contribution is -2.24. The Morgan fingerprint density at radius 2 is 1.67 bits per heavy atom. The normalized spacial score (nSPS) is 14.3. The largest absolute Gasteiger partial charge is 0.465 e. The first kappa shape index (κ1) is 22.9. The van der Waals surface area contributed by atoms with Crippen LogP contribution in [0.25, 0.3) is 0 Å². The number of hydrogen-bond acceptors (Lipinski definition) is 5. The van der Waals surface area contributed by atoms with Gasteiger partial charge in [0, 0.05) is 6.54 Å². The molecule has 0 aliphatic heterocycles. The van der Waals surface area contributed by atoms with Gasteiger partial charge in [-0.15, -0.1) is 0 Å². The molecule has 5 heteroatoms. The molecule has 0 heterocycles. The van der Waals surface area contributed by atoms with E-state index in [1.165, 1.54) is 0 Å². The monoisotopic (exact) mass is 343 g/mol. The molecule has 0 spiro atoms. The molecule has 0 aromatic heterocycles. The third kappa shape index (κ3) is 11.4. The second-order valence-electron chi connectivity index (χ2n) is 8.08. The maximum Gasteiger partial charge on any atom is 0.308 e. The summed E-state index contributed by atoms with van der Waals surface area (Å²) < 4.78 is 10.7. The third-order valence-corrected chi connectivity index (χ3v) is 3.85. The van der Waals surface area contributed by atoms with E-state index in [0.29, 0.717) is 13.2 Å². The van der Waals surface area contributed by atoms with Crippen LogP contribution in [-0.4, -0.2) is 50.7 Å². The van der Waals surface area contributed by atoms with Gasteiger partial charge in [0.2, 0.25) is 0 Å². The van der Waals surface area contributed by atoms with Gasteiger partial charge >= 0.3 is 11.9 Å². The lowest BCUT2D eigenvalue weighted by atomic mass is 9.95. The van der Waals surface area contributed by atoms with E-state index in [-0.39, 0.29) is 29.2 Å². The molecular formula is C19H37NO4. The topological polar surface area (TPSA) is 55.8 Å². The Morgan fingerprint density at radius 3 is 2.17 bits per heavy atom. The van der Waals surface area contributed by atoms with E-state index in [0.717, 1.165) is 32.2 Å². The second kappa shape index (κ2) is 11.5. The van der Waals surface area contributed by atoms with Crippen LogP contribution in [-0.2, 0) is 19.1 Å². The summed E-state index contributed by atoms with van der Waals surface area (Å²) in [5.41, 5.74) is -0.0151. The zero-order valence-electron chi connectivity index (χ0n) is 16.7. The van der Waals surface area contributed by atoms with Gasteiger partial charge in [-0.05, 0) is 38.8 Å². The third-order valence-electron chi connectivity index (χ3n) is 3.85. The van der Waals surface area contributed by atoms with Gasteiger partial charge in [0.1, 0.15) is 6.61 Å². The van der Waals surface area contributed by atoms with Gasteiger partial charge in [-0.25, -0.2) is 0 Å². The first-order valence-electron chi connectivity index (χ1n) is 9.04. The van der Waals surface area contributed by atoms with E-state index in [4.69, 9.17) is 9.47 Å². The molecule has 24 heavy (non-hydrogen) atoms. The predicted molar refractivity (Wildman–Crippen MR) is 96.7 cm³/mol. The van der Waals surface area contributed by atoms with Crippen molar-refractivity contribution in [1.82, 2.24) is 4.90 Å². The van der Waals surface area contributed by atoms with Crippen molar-refractivity contribution in [3.63, 3.8) is 0 Å². The Balaban J connectivity index is 4.07. The van der Waals surface area contributed by atoms with Crippen LogP contribution in [0.5, 0.6) is 0 Å². The van der Waals surface area contributed by atoms with Crippen LogP contribution in [0, 0.1) is 17.3 Å². The summed E-state index contributed by atoms with van der Waals surface area (Å²) in [5.74, 6) is -0.478. The number of nitrogens with zero attached hydrogens (tertiary/aromatic N) is 1. The predicted octanol–water partition coefficient (Wildman–Crippen LogP) is 3.51. The van der Waals surface area contributed by atoms with E-state index < -0.39 is 0 Å². The number of carbonyl (C=O) groups excluding carboxylic acids is 2. The molecule has 0 rings (SSSR count). The molecule has 0 radical (unpaired) electrons. The fourth-order valence-electron chi connectivity index (χ4n) is 2.15. The van der Waals surface area contributed by atoms with Crippen LogP contribution in [0.4, 0.5) is 0 Å². The van der Waals surface area contributed by atoms with E-state index in [1.54, 1.807) is 0 Å². The lowest BCUT2D eigenvalue weighted by molar-refractivity contribution is -0.151. The smallest absolute Gasteiger partial charge is 0.308 e. The molecule has 0 saturated carbocycles. The SMILES string of the molecule is CCC(CCCC(C)C(=O)OCCN(C)C)C(=O)OCC(C)(C)C. The fourth-order valence-corrected chi connectivity index (χ4v) is 2.15. The molecule has 0 aromatic rings. The van der Waals surface area contributed by atoms with Gasteiger partial charge in [0.15, 0.2) is 0 Å². The molecule has 0 fully saturated rings. The van der Waals surface area contributed by atoms with Crippen molar-refractivity contribution in [3.05, 3.63) is 0 Å². The van der Waals surface area contributed by atoms with Crippen LogP contribution in [0.2, 0.25) is 0 Å². The van der Waals surface area contributed by atoms with Gasteiger partial charge in [-0.1, -0.05) is 41.0 Å². The van der Waals surface area contributed by atoms with Crippen LogP contribution >= 0.6 is 0 Å². The Hall–Kier alpha value is -1.10. The van der Waals surface area contributed by atoms with E-state index in [2.05, 4.69) is 0 Å². The zero-order valence-corrected chi connectivity index (χ0v) is 16.7. The summed E-state index contributed by atoms with van der Waals surface area (Å²) in [7, 11) is 3.89. The van der Waals surface area contributed by atoms with Crippen molar-refractivity contribution < 1.29 is 19.1 Å². The van der Waals surface area contributed by atoms with Crippen molar-refractivity contribution in [1.29, 1.82) is 0 Å². The fraction of sp³-hybridized carbons (Fsp3) is 0.895. The average molecular weight is 344 g/mol.